The lowest BCUT2D eigenvalue weighted by atomic mass is 10.0. The molecule has 0 unspecified atom stereocenters. The van der Waals surface area contributed by atoms with E-state index in [-0.39, 0.29) is 0 Å². The molecule has 4 N–H and O–H groups in total. The molecule has 0 radical (unpaired) electrons. The Morgan fingerprint density at radius 3 is 2.50 bits per heavy atom. The highest BCUT2D eigenvalue weighted by Crippen LogP contribution is 2.39. The summed E-state index contributed by atoms with van der Waals surface area (Å²) in [7, 11) is 0. The molecule has 0 amide bonds. The van der Waals surface area contributed by atoms with Gasteiger partial charge < -0.3 is 21.3 Å². The van der Waals surface area contributed by atoms with Crippen LogP contribution in [0.1, 0.15) is 6.92 Å². The minimum absolute atomic E-state index is 0.620. The van der Waals surface area contributed by atoms with Gasteiger partial charge in [-0.05, 0) is 24.7 Å². The van der Waals surface area contributed by atoms with Gasteiger partial charge in [-0.2, -0.15) is 0 Å². The number of pyridine rings is 1. The van der Waals surface area contributed by atoms with Gasteiger partial charge in [-0.1, -0.05) is 13.0 Å². The van der Waals surface area contributed by atoms with Crippen molar-refractivity contribution in [1.29, 1.82) is 0 Å². The highest BCUT2D eigenvalue weighted by molar-refractivity contribution is 5.93. The van der Waals surface area contributed by atoms with E-state index in [1.165, 1.54) is 0 Å². The Labute approximate surface area is 131 Å². The van der Waals surface area contributed by atoms with Crippen LogP contribution in [-0.4, -0.2) is 42.6 Å². The summed E-state index contributed by atoms with van der Waals surface area (Å²) in [6, 6.07) is 7.94. The summed E-state index contributed by atoms with van der Waals surface area (Å²) in [5.41, 5.74) is 16.7. The van der Waals surface area contributed by atoms with Crippen molar-refractivity contribution in [3.8, 4) is 11.1 Å². The summed E-state index contributed by atoms with van der Waals surface area (Å²) in [5, 5.41) is 0. The summed E-state index contributed by atoms with van der Waals surface area (Å²) < 4.78 is 0. The molecular formula is C17H23N5. The van der Waals surface area contributed by atoms with Gasteiger partial charge in [0.05, 0.1) is 11.4 Å². The lowest BCUT2D eigenvalue weighted by molar-refractivity contribution is 0.271. The van der Waals surface area contributed by atoms with Crippen LogP contribution in [0, 0.1) is 0 Å². The van der Waals surface area contributed by atoms with Crippen LogP contribution < -0.4 is 16.4 Å². The molecule has 3 rings (SSSR count). The number of anilines is 3. The van der Waals surface area contributed by atoms with Crippen LogP contribution in [0.2, 0.25) is 0 Å². The number of benzene rings is 1. The normalized spacial score (nSPS) is 16.0. The van der Waals surface area contributed by atoms with Gasteiger partial charge in [0.2, 0.25) is 0 Å². The molecule has 1 aromatic heterocycles. The summed E-state index contributed by atoms with van der Waals surface area (Å²) >= 11 is 0. The van der Waals surface area contributed by atoms with Crippen molar-refractivity contribution in [3.05, 3.63) is 36.7 Å². The molecular weight excluding hydrogens is 274 g/mol. The van der Waals surface area contributed by atoms with Gasteiger partial charge in [0.1, 0.15) is 0 Å². The Morgan fingerprint density at radius 2 is 1.86 bits per heavy atom. The fourth-order valence-corrected chi connectivity index (χ4v) is 3.01. The van der Waals surface area contributed by atoms with Crippen molar-refractivity contribution in [2.24, 2.45) is 0 Å². The molecule has 0 spiro atoms. The van der Waals surface area contributed by atoms with Gasteiger partial charge >= 0.3 is 0 Å². The van der Waals surface area contributed by atoms with E-state index < -0.39 is 0 Å². The van der Waals surface area contributed by atoms with Crippen molar-refractivity contribution in [1.82, 2.24) is 9.88 Å². The van der Waals surface area contributed by atoms with E-state index in [4.69, 9.17) is 11.5 Å². The van der Waals surface area contributed by atoms with Gasteiger partial charge in [0.15, 0.2) is 0 Å². The van der Waals surface area contributed by atoms with Crippen molar-refractivity contribution in [2.75, 3.05) is 49.1 Å². The Bertz CT molecular complexity index is 633. The van der Waals surface area contributed by atoms with Gasteiger partial charge in [-0.15, -0.1) is 0 Å². The van der Waals surface area contributed by atoms with Crippen LogP contribution >= 0.6 is 0 Å². The first kappa shape index (κ1) is 14.7. The molecule has 1 aliphatic heterocycles. The van der Waals surface area contributed by atoms with E-state index >= 15 is 0 Å². The maximum atomic E-state index is 6.29. The molecule has 22 heavy (non-hydrogen) atoms. The minimum atomic E-state index is 0.620. The third kappa shape index (κ3) is 2.72. The molecule has 1 saturated heterocycles. The zero-order chi connectivity index (χ0) is 15.5. The molecule has 0 atom stereocenters. The van der Waals surface area contributed by atoms with Crippen LogP contribution in [0.3, 0.4) is 0 Å². The minimum Gasteiger partial charge on any atom is -0.397 e. The SMILES string of the molecule is CCN1CCN(c2ccc(N)c(N)c2-c2cccnc2)CC1. The smallest absolute Gasteiger partial charge is 0.0649 e. The van der Waals surface area contributed by atoms with Gasteiger partial charge in [0, 0.05) is 55.4 Å². The van der Waals surface area contributed by atoms with E-state index in [0.29, 0.717) is 11.4 Å². The molecule has 0 saturated carbocycles. The molecule has 2 aromatic rings. The third-order valence-corrected chi connectivity index (χ3v) is 4.37. The standard InChI is InChI=1S/C17H23N5/c1-2-21-8-10-22(11-9-21)15-6-5-14(18)17(19)16(15)13-4-3-7-20-12-13/h3-7,12H,2,8-11,18-19H2,1H3. The second-order valence-corrected chi connectivity index (χ2v) is 5.63. The van der Waals surface area contributed by atoms with Gasteiger partial charge in [-0.25, -0.2) is 0 Å². The number of hydrogen-bond acceptors (Lipinski definition) is 5. The Hall–Kier alpha value is -2.27. The lowest BCUT2D eigenvalue weighted by Gasteiger charge is -2.36. The summed E-state index contributed by atoms with van der Waals surface area (Å²) in [6.45, 7) is 7.47. The number of piperazine rings is 1. The summed E-state index contributed by atoms with van der Waals surface area (Å²) in [5.74, 6) is 0. The maximum absolute atomic E-state index is 6.29. The van der Waals surface area contributed by atoms with E-state index in [1.54, 1.807) is 6.20 Å². The first-order chi connectivity index (χ1) is 10.7. The Balaban J connectivity index is 2.00. The van der Waals surface area contributed by atoms with Gasteiger partial charge in [-0.3, -0.25) is 4.98 Å². The second kappa shape index (κ2) is 6.23. The molecule has 1 fully saturated rings. The topological polar surface area (TPSA) is 71.4 Å². The first-order valence-corrected chi connectivity index (χ1v) is 7.76. The largest absolute Gasteiger partial charge is 0.397 e. The summed E-state index contributed by atoms with van der Waals surface area (Å²) in [6.07, 6.45) is 3.61. The van der Waals surface area contributed by atoms with Crippen molar-refractivity contribution >= 4 is 17.1 Å². The third-order valence-electron chi connectivity index (χ3n) is 4.37. The van der Waals surface area contributed by atoms with Crippen LogP contribution in [0.4, 0.5) is 17.1 Å². The van der Waals surface area contributed by atoms with E-state index in [1.807, 2.05) is 24.4 Å². The number of likely N-dealkylation sites (N-methyl/N-ethyl adjacent to an activating group) is 1. The molecule has 5 nitrogen and oxygen atoms in total. The zero-order valence-corrected chi connectivity index (χ0v) is 13.0. The lowest BCUT2D eigenvalue weighted by Crippen LogP contribution is -2.46. The van der Waals surface area contributed by atoms with Crippen LogP contribution in [0.15, 0.2) is 36.7 Å². The number of nitrogen functional groups attached to an aromatic ring is 2. The Kier molecular flexibility index (Phi) is 4.15. The molecule has 1 aliphatic rings. The summed E-state index contributed by atoms with van der Waals surface area (Å²) in [4.78, 5) is 9.07. The van der Waals surface area contributed by atoms with E-state index in [2.05, 4.69) is 27.8 Å². The Morgan fingerprint density at radius 1 is 1.09 bits per heavy atom. The maximum Gasteiger partial charge on any atom is 0.0649 e. The zero-order valence-electron chi connectivity index (χ0n) is 13.0. The molecule has 0 bridgehead atoms. The highest BCUT2D eigenvalue weighted by atomic mass is 15.3. The number of hydrogen-bond donors (Lipinski definition) is 2. The fraction of sp³-hybridized carbons (Fsp3) is 0.353. The molecule has 5 heteroatoms. The van der Waals surface area contributed by atoms with Crippen molar-refractivity contribution in [2.45, 2.75) is 6.92 Å². The second-order valence-electron chi connectivity index (χ2n) is 5.63. The number of nitrogens with two attached hydrogens (primary N) is 2. The average molecular weight is 297 g/mol. The number of nitrogens with zero attached hydrogens (tertiary/aromatic N) is 3. The van der Waals surface area contributed by atoms with Crippen LogP contribution in [0.25, 0.3) is 11.1 Å². The molecule has 2 heterocycles. The predicted octanol–water partition coefficient (Wildman–Crippen LogP) is 2.05. The van der Waals surface area contributed by atoms with Crippen molar-refractivity contribution < 1.29 is 0 Å². The molecule has 0 aliphatic carbocycles. The predicted molar refractivity (Wildman–Crippen MR) is 92.8 cm³/mol. The highest BCUT2D eigenvalue weighted by Gasteiger charge is 2.21. The van der Waals surface area contributed by atoms with Crippen LogP contribution in [0.5, 0.6) is 0 Å². The van der Waals surface area contributed by atoms with E-state index in [0.717, 1.165) is 49.5 Å². The monoisotopic (exact) mass is 297 g/mol. The first-order valence-electron chi connectivity index (χ1n) is 7.76. The van der Waals surface area contributed by atoms with Gasteiger partial charge in [0.25, 0.3) is 0 Å². The quantitative estimate of drug-likeness (QED) is 0.849. The molecule has 116 valence electrons. The van der Waals surface area contributed by atoms with E-state index in [9.17, 15) is 0 Å². The average Bonchev–Trinajstić information content (AvgIpc) is 2.58. The van der Waals surface area contributed by atoms with Crippen LogP contribution in [-0.2, 0) is 0 Å². The molecule has 1 aromatic carbocycles. The fourth-order valence-electron chi connectivity index (χ4n) is 3.01. The number of rotatable bonds is 3. The number of aromatic nitrogens is 1. The van der Waals surface area contributed by atoms with Crippen molar-refractivity contribution in [3.63, 3.8) is 0 Å².